The summed E-state index contributed by atoms with van der Waals surface area (Å²) in [5.41, 5.74) is 8.74. The van der Waals surface area contributed by atoms with Gasteiger partial charge in [-0.3, -0.25) is 9.59 Å². The largest absolute Gasteiger partial charge is 0.397 e. The van der Waals surface area contributed by atoms with Crippen molar-refractivity contribution in [2.24, 2.45) is 5.41 Å². The lowest BCUT2D eigenvalue weighted by atomic mass is 9.76. The number of carbonyl (C=O) groups excluding carboxylic acids is 2. The zero-order valence-corrected chi connectivity index (χ0v) is 13.8. The van der Waals surface area contributed by atoms with Crippen molar-refractivity contribution in [2.75, 3.05) is 5.73 Å². The summed E-state index contributed by atoms with van der Waals surface area (Å²) in [6.45, 7) is 6.13. The average Bonchev–Trinajstić information content (AvgIpc) is 2.74. The van der Waals surface area contributed by atoms with Crippen LogP contribution in [0.15, 0.2) is 24.3 Å². The van der Waals surface area contributed by atoms with Crippen molar-refractivity contribution in [3.63, 3.8) is 0 Å². The van der Waals surface area contributed by atoms with E-state index in [4.69, 9.17) is 5.73 Å². The zero-order valence-electron chi connectivity index (χ0n) is 13.0. The molecule has 1 heterocycles. The standard InChI is InChI=1S/C18H19NO2S/c1-10-4-6-11(7-5-10)16(21)17-15(19)14-12(20)8-18(2,3)9-13(14)22-17/h4-7H,8-9,19H2,1-3H3. The Labute approximate surface area is 134 Å². The van der Waals surface area contributed by atoms with Crippen LogP contribution < -0.4 is 5.73 Å². The maximum atomic E-state index is 12.7. The molecular formula is C18H19NO2S. The number of ketones is 2. The highest BCUT2D eigenvalue weighted by molar-refractivity contribution is 7.15. The topological polar surface area (TPSA) is 60.2 Å². The third-order valence-electron chi connectivity index (χ3n) is 4.10. The Morgan fingerprint density at radius 1 is 1.18 bits per heavy atom. The van der Waals surface area contributed by atoms with Crippen LogP contribution in [0.2, 0.25) is 0 Å². The Hall–Kier alpha value is -1.94. The fourth-order valence-electron chi connectivity index (χ4n) is 2.95. The maximum absolute atomic E-state index is 12.7. The van der Waals surface area contributed by atoms with Crippen molar-refractivity contribution in [2.45, 2.75) is 33.6 Å². The summed E-state index contributed by atoms with van der Waals surface area (Å²) >= 11 is 1.38. The number of rotatable bonds is 2. The van der Waals surface area contributed by atoms with E-state index in [1.165, 1.54) is 11.3 Å². The summed E-state index contributed by atoms with van der Waals surface area (Å²) in [7, 11) is 0. The molecule has 3 nitrogen and oxygen atoms in total. The number of nitrogens with two attached hydrogens (primary N) is 1. The van der Waals surface area contributed by atoms with Crippen LogP contribution in [0.1, 0.15) is 56.3 Å². The first-order valence-electron chi connectivity index (χ1n) is 7.34. The molecule has 0 saturated carbocycles. The van der Waals surface area contributed by atoms with Crippen molar-refractivity contribution in [1.82, 2.24) is 0 Å². The first-order valence-corrected chi connectivity index (χ1v) is 8.16. The smallest absolute Gasteiger partial charge is 0.205 e. The van der Waals surface area contributed by atoms with Gasteiger partial charge in [-0.2, -0.15) is 0 Å². The summed E-state index contributed by atoms with van der Waals surface area (Å²) in [6, 6.07) is 7.43. The van der Waals surface area contributed by atoms with Crippen LogP contribution in [0.25, 0.3) is 0 Å². The highest BCUT2D eigenvalue weighted by atomic mass is 32.1. The van der Waals surface area contributed by atoms with E-state index in [0.29, 0.717) is 28.1 Å². The quantitative estimate of drug-likeness (QED) is 0.852. The molecule has 0 radical (unpaired) electrons. The SMILES string of the molecule is Cc1ccc(C(=O)c2sc3c(c2N)C(=O)CC(C)(C)C3)cc1. The zero-order chi connectivity index (χ0) is 16.1. The van der Waals surface area contributed by atoms with E-state index >= 15 is 0 Å². The van der Waals surface area contributed by atoms with Crippen LogP contribution in [-0.4, -0.2) is 11.6 Å². The van der Waals surface area contributed by atoms with Crippen LogP contribution in [0.3, 0.4) is 0 Å². The molecule has 1 aliphatic rings. The molecule has 0 amide bonds. The highest BCUT2D eigenvalue weighted by Crippen LogP contribution is 2.43. The van der Waals surface area contributed by atoms with Gasteiger partial charge in [-0.05, 0) is 18.8 Å². The molecule has 0 bridgehead atoms. The molecule has 0 aliphatic heterocycles. The van der Waals surface area contributed by atoms with E-state index in [0.717, 1.165) is 16.9 Å². The van der Waals surface area contributed by atoms with Gasteiger partial charge in [0.15, 0.2) is 5.78 Å². The lowest BCUT2D eigenvalue weighted by molar-refractivity contribution is 0.0915. The van der Waals surface area contributed by atoms with E-state index in [-0.39, 0.29) is 17.0 Å². The summed E-state index contributed by atoms with van der Waals surface area (Å²) in [6.07, 6.45) is 1.28. The number of hydrogen-bond acceptors (Lipinski definition) is 4. The van der Waals surface area contributed by atoms with Gasteiger partial charge in [0.25, 0.3) is 0 Å². The van der Waals surface area contributed by atoms with Crippen LogP contribution in [0.5, 0.6) is 0 Å². The molecule has 22 heavy (non-hydrogen) atoms. The van der Waals surface area contributed by atoms with Crippen LogP contribution >= 0.6 is 11.3 Å². The highest BCUT2D eigenvalue weighted by Gasteiger charge is 2.36. The van der Waals surface area contributed by atoms with Gasteiger partial charge in [-0.15, -0.1) is 11.3 Å². The van der Waals surface area contributed by atoms with Crippen molar-refractivity contribution < 1.29 is 9.59 Å². The number of Topliss-reactive ketones (excluding diaryl/α,β-unsaturated/α-hetero) is 1. The predicted molar refractivity (Wildman–Crippen MR) is 89.8 cm³/mol. The van der Waals surface area contributed by atoms with Gasteiger partial charge in [0.1, 0.15) is 0 Å². The van der Waals surface area contributed by atoms with E-state index in [9.17, 15) is 9.59 Å². The monoisotopic (exact) mass is 313 g/mol. The first-order chi connectivity index (χ1) is 10.3. The molecule has 0 unspecified atom stereocenters. The van der Waals surface area contributed by atoms with Crippen molar-refractivity contribution >= 4 is 28.6 Å². The second kappa shape index (κ2) is 5.06. The van der Waals surface area contributed by atoms with Crippen molar-refractivity contribution in [1.29, 1.82) is 0 Å². The van der Waals surface area contributed by atoms with Crippen LogP contribution in [-0.2, 0) is 6.42 Å². The van der Waals surface area contributed by atoms with Gasteiger partial charge in [0.2, 0.25) is 5.78 Å². The Morgan fingerprint density at radius 2 is 1.82 bits per heavy atom. The molecule has 1 aromatic carbocycles. The minimum atomic E-state index is -0.0949. The van der Waals surface area contributed by atoms with E-state index in [2.05, 4.69) is 13.8 Å². The van der Waals surface area contributed by atoms with Gasteiger partial charge in [0, 0.05) is 16.9 Å². The second-order valence-electron chi connectivity index (χ2n) is 6.78. The molecule has 0 atom stereocenters. The lowest BCUT2D eigenvalue weighted by Gasteiger charge is -2.28. The summed E-state index contributed by atoms with van der Waals surface area (Å²) in [4.78, 5) is 26.5. The summed E-state index contributed by atoms with van der Waals surface area (Å²) in [5.74, 6) is -0.0366. The Balaban J connectivity index is 2.05. The number of nitrogen functional groups attached to an aromatic ring is 1. The van der Waals surface area contributed by atoms with E-state index < -0.39 is 0 Å². The van der Waals surface area contributed by atoms with Gasteiger partial charge in [0.05, 0.1) is 16.1 Å². The number of hydrogen-bond donors (Lipinski definition) is 1. The number of thiophene rings is 1. The van der Waals surface area contributed by atoms with E-state index in [1.54, 1.807) is 0 Å². The number of aryl methyl sites for hydroxylation is 1. The molecule has 1 aliphatic carbocycles. The van der Waals surface area contributed by atoms with Gasteiger partial charge < -0.3 is 5.73 Å². The predicted octanol–water partition coefficient (Wildman–Crippen LogP) is 4.02. The number of fused-ring (bicyclic) bond motifs is 1. The molecule has 0 fully saturated rings. The molecule has 2 N–H and O–H groups in total. The number of benzene rings is 1. The fraction of sp³-hybridized carbons (Fsp3) is 0.333. The normalized spacial score (nSPS) is 16.4. The Bertz CT molecular complexity index is 769. The summed E-state index contributed by atoms with van der Waals surface area (Å²) in [5, 5.41) is 0. The van der Waals surface area contributed by atoms with Gasteiger partial charge in [-0.1, -0.05) is 43.7 Å². The Kier molecular flexibility index (Phi) is 3.44. The lowest BCUT2D eigenvalue weighted by Crippen LogP contribution is -2.26. The van der Waals surface area contributed by atoms with Crippen molar-refractivity contribution in [3.8, 4) is 0 Å². The molecular weight excluding hydrogens is 294 g/mol. The molecule has 114 valence electrons. The molecule has 2 aromatic rings. The van der Waals surface area contributed by atoms with Crippen molar-refractivity contribution in [3.05, 3.63) is 50.7 Å². The second-order valence-corrected chi connectivity index (χ2v) is 7.88. The number of carbonyl (C=O) groups is 2. The molecule has 0 spiro atoms. The third-order valence-corrected chi connectivity index (χ3v) is 5.30. The van der Waals surface area contributed by atoms with E-state index in [1.807, 2.05) is 31.2 Å². The van der Waals surface area contributed by atoms with Crippen LogP contribution in [0, 0.1) is 12.3 Å². The minimum Gasteiger partial charge on any atom is -0.397 e. The third kappa shape index (κ3) is 2.48. The first kappa shape index (κ1) is 15.0. The summed E-state index contributed by atoms with van der Waals surface area (Å²) < 4.78 is 0. The van der Waals surface area contributed by atoms with Gasteiger partial charge in [-0.25, -0.2) is 0 Å². The average molecular weight is 313 g/mol. The minimum absolute atomic E-state index is 0.0583. The number of anilines is 1. The van der Waals surface area contributed by atoms with Crippen LogP contribution in [0.4, 0.5) is 5.69 Å². The molecule has 1 aromatic heterocycles. The fourth-order valence-corrected chi connectivity index (χ4v) is 4.41. The Morgan fingerprint density at radius 3 is 2.45 bits per heavy atom. The van der Waals surface area contributed by atoms with Gasteiger partial charge >= 0.3 is 0 Å². The molecule has 3 rings (SSSR count). The molecule has 0 saturated heterocycles. The molecule has 4 heteroatoms. The maximum Gasteiger partial charge on any atom is 0.205 e.